The van der Waals surface area contributed by atoms with E-state index in [4.69, 9.17) is 4.42 Å². The third-order valence-electron chi connectivity index (χ3n) is 3.79. The molecule has 0 fully saturated rings. The van der Waals surface area contributed by atoms with Crippen LogP contribution in [0.4, 0.5) is 5.82 Å². The molecule has 3 aromatic rings. The highest BCUT2D eigenvalue weighted by atomic mass is 16.3. The molecule has 0 saturated carbocycles. The number of fused-ring (bicyclic) bond motifs is 1. The van der Waals surface area contributed by atoms with Crippen molar-refractivity contribution >= 4 is 22.6 Å². The van der Waals surface area contributed by atoms with E-state index in [1.807, 2.05) is 38.1 Å². The van der Waals surface area contributed by atoms with Crippen LogP contribution in [0.25, 0.3) is 10.9 Å². The van der Waals surface area contributed by atoms with E-state index in [0.717, 1.165) is 5.39 Å². The third-order valence-corrected chi connectivity index (χ3v) is 3.79. The van der Waals surface area contributed by atoms with Crippen molar-refractivity contribution in [1.82, 2.24) is 9.97 Å². The predicted molar refractivity (Wildman–Crippen MR) is 89.8 cm³/mol. The Morgan fingerprint density at radius 3 is 2.79 bits per heavy atom. The molecule has 0 aliphatic carbocycles. The van der Waals surface area contributed by atoms with Gasteiger partial charge in [0.2, 0.25) is 0 Å². The quantitative estimate of drug-likeness (QED) is 0.737. The van der Waals surface area contributed by atoms with E-state index in [1.165, 1.54) is 11.3 Å². The second-order valence-corrected chi connectivity index (χ2v) is 5.74. The van der Waals surface area contributed by atoms with Gasteiger partial charge in [-0.15, -0.1) is 0 Å². The molecule has 1 aromatic carbocycles. The molecule has 0 spiro atoms. The van der Waals surface area contributed by atoms with Gasteiger partial charge >= 0.3 is 0 Å². The normalized spacial score (nSPS) is 10.8. The lowest BCUT2D eigenvalue weighted by molar-refractivity contribution is 0.0986. The van der Waals surface area contributed by atoms with E-state index >= 15 is 0 Å². The van der Waals surface area contributed by atoms with Gasteiger partial charge in [0.1, 0.15) is 11.6 Å². The fourth-order valence-electron chi connectivity index (χ4n) is 2.51. The zero-order valence-corrected chi connectivity index (χ0v) is 13.6. The van der Waals surface area contributed by atoms with Crippen LogP contribution in [0.1, 0.15) is 41.6 Å². The number of amides is 1. The SMILES string of the molecule is CC(C)c1ocnc1C(=O)N(C)c1cc(C#N)c2ccccc2n1. The molecule has 0 saturated heterocycles. The van der Waals surface area contributed by atoms with Gasteiger partial charge in [-0.25, -0.2) is 9.97 Å². The van der Waals surface area contributed by atoms with Gasteiger partial charge in [-0.3, -0.25) is 9.69 Å². The lowest BCUT2D eigenvalue weighted by atomic mass is 10.1. The summed E-state index contributed by atoms with van der Waals surface area (Å²) in [5.74, 6) is 0.652. The Balaban J connectivity index is 2.05. The minimum absolute atomic E-state index is 0.0408. The molecule has 0 N–H and O–H groups in total. The van der Waals surface area contributed by atoms with Crippen molar-refractivity contribution in [1.29, 1.82) is 5.26 Å². The summed E-state index contributed by atoms with van der Waals surface area (Å²) in [6, 6.07) is 11.1. The van der Waals surface area contributed by atoms with Gasteiger partial charge < -0.3 is 4.42 Å². The first kappa shape index (κ1) is 15.7. The highest BCUT2D eigenvalue weighted by Crippen LogP contribution is 2.25. The highest BCUT2D eigenvalue weighted by Gasteiger charge is 2.24. The number of rotatable bonds is 3. The standard InChI is InChI=1S/C18H16N4O2/c1-11(2)17-16(20-10-24-17)18(23)22(3)15-8-12(9-19)13-6-4-5-7-14(13)21-15/h4-8,10-11H,1-3H3. The summed E-state index contributed by atoms with van der Waals surface area (Å²) in [6.07, 6.45) is 1.27. The summed E-state index contributed by atoms with van der Waals surface area (Å²) in [5, 5.41) is 10.1. The summed E-state index contributed by atoms with van der Waals surface area (Å²) in [4.78, 5) is 22.7. The molecule has 2 aromatic heterocycles. The fourth-order valence-corrected chi connectivity index (χ4v) is 2.51. The Kier molecular flexibility index (Phi) is 4.00. The van der Waals surface area contributed by atoms with Crippen LogP contribution in [0.2, 0.25) is 0 Å². The van der Waals surface area contributed by atoms with Crippen LogP contribution < -0.4 is 4.90 Å². The molecule has 6 nitrogen and oxygen atoms in total. The molecule has 1 amide bonds. The van der Waals surface area contributed by atoms with Gasteiger partial charge in [0.05, 0.1) is 17.1 Å². The predicted octanol–water partition coefficient (Wildman–Crippen LogP) is 3.49. The topological polar surface area (TPSA) is 83.0 Å². The first-order chi connectivity index (χ1) is 11.5. The van der Waals surface area contributed by atoms with E-state index in [0.29, 0.717) is 22.7 Å². The maximum atomic E-state index is 12.7. The van der Waals surface area contributed by atoms with Gasteiger partial charge in [-0.05, 0) is 12.1 Å². The molecule has 0 aliphatic rings. The van der Waals surface area contributed by atoms with Gasteiger partial charge in [-0.2, -0.15) is 5.26 Å². The number of hydrogen-bond donors (Lipinski definition) is 0. The van der Waals surface area contributed by atoms with E-state index in [2.05, 4.69) is 16.0 Å². The first-order valence-corrected chi connectivity index (χ1v) is 7.54. The van der Waals surface area contributed by atoms with Crippen molar-refractivity contribution < 1.29 is 9.21 Å². The van der Waals surface area contributed by atoms with Gasteiger partial charge in [-0.1, -0.05) is 32.0 Å². The zero-order valence-electron chi connectivity index (χ0n) is 13.6. The number of pyridine rings is 1. The first-order valence-electron chi connectivity index (χ1n) is 7.54. The van der Waals surface area contributed by atoms with Crippen LogP contribution in [0, 0.1) is 11.3 Å². The van der Waals surface area contributed by atoms with Crippen molar-refractivity contribution in [2.75, 3.05) is 11.9 Å². The number of benzene rings is 1. The molecule has 0 atom stereocenters. The summed E-state index contributed by atoms with van der Waals surface area (Å²) in [7, 11) is 1.61. The van der Waals surface area contributed by atoms with Crippen molar-refractivity contribution in [3.05, 3.63) is 53.7 Å². The van der Waals surface area contributed by atoms with Crippen LogP contribution in [-0.4, -0.2) is 22.9 Å². The number of nitrogens with zero attached hydrogens (tertiary/aromatic N) is 4. The summed E-state index contributed by atoms with van der Waals surface area (Å²) < 4.78 is 5.32. The third kappa shape index (κ3) is 2.61. The Morgan fingerprint density at radius 2 is 2.08 bits per heavy atom. The number of anilines is 1. The Labute approximate surface area is 139 Å². The second-order valence-electron chi connectivity index (χ2n) is 5.74. The lowest BCUT2D eigenvalue weighted by Gasteiger charge is -2.17. The van der Waals surface area contributed by atoms with E-state index in [1.54, 1.807) is 13.1 Å². The Hall–Kier alpha value is -3.20. The van der Waals surface area contributed by atoms with Gasteiger partial charge in [0, 0.05) is 18.4 Å². The molecule has 0 radical (unpaired) electrons. The van der Waals surface area contributed by atoms with Gasteiger partial charge in [0.15, 0.2) is 12.1 Å². The number of aromatic nitrogens is 2. The van der Waals surface area contributed by atoms with Crippen LogP contribution in [-0.2, 0) is 0 Å². The molecule has 2 heterocycles. The van der Waals surface area contributed by atoms with E-state index in [-0.39, 0.29) is 17.5 Å². The molecule has 6 heteroatoms. The summed E-state index contributed by atoms with van der Waals surface area (Å²) in [5.41, 5.74) is 1.40. The Bertz CT molecular complexity index is 953. The molecule has 0 bridgehead atoms. The van der Waals surface area contributed by atoms with Crippen molar-refractivity contribution in [2.24, 2.45) is 0 Å². The van der Waals surface area contributed by atoms with E-state index in [9.17, 15) is 10.1 Å². The smallest absolute Gasteiger partial charge is 0.281 e. The maximum absolute atomic E-state index is 12.7. The highest BCUT2D eigenvalue weighted by molar-refractivity contribution is 6.05. The molecule has 3 rings (SSSR count). The van der Waals surface area contributed by atoms with Crippen LogP contribution in [0.15, 0.2) is 41.1 Å². The van der Waals surface area contributed by atoms with Crippen LogP contribution in [0.3, 0.4) is 0 Å². The second kappa shape index (κ2) is 6.13. The summed E-state index contributed by atoms with van der Waals surface area (Å²) >= 11 is 0. The molecule has 0 aliphatic heterocycles. The number of oxazole rings is 1. The average molecular weight is 320 g/mol. The summed E-state index contributed by atoms with van der Waals surface area (Å²) in [6.45, 7) is 3.86. The van der Waals surface area contributed by atoms with Gasteiger partial charge in [0.25, 0.3) is 5.91 Å². The fraction of sp³-hybridized carbons (Fsp3) is 0.222. The molecule has 0 unspecified atom stereocenters. The lowest BCUT2D eigenvalue weighted by Crippen LogP contribution is -2.28. The number of hydrogen-bond acceptors (Lipinski definition) is 5. The van der Waals surface area contributed by atoms with Crippen molar-refractivity contribution in [3.8, 4) is 6.07 Å². The zero-order chi connectivity index (χ0) is 17.3. The minimum atomic E-state index is -0.320. The molecule has 120 valence electrons. The maximum Gasteiger partial charge on any atom is 0.281 e. The van der Waals surface area contributed by atoms with Crippen molar-refractivity contribution in [3.63, 3.8) is 0 Å². The minimum Gasteiger partial charge on any atom is -0.447 e. The Morgan fingerprint density at radius 1 is 1.33 bits per heavy atom. The number of carbonyl (C=O) groups is 1. The largest absolute Gasteiger partial charge is 0.447 e. The van der Waals surface area contributed by atoms with Crippen molar-refractivity contribution in [2.45, 2.75) is 19.8 Å². The van der Waals surface area contributed by atoms with E-state index < -0.39 is 0 Å². The molecule has 24 heavy (non-hydrogen) atoms. The number of para-hydroxylation sites is 1. The monoisotopic (exact) mass is 320 g/mol. The number of nitriles is 1. The average Bonchev–Trinajstić information content (AvgIpc) is 3.09. The molecular weight excluding hydrogens is 304 g/mol. The van der Waals surface area contributed by atoms with Crippen LogP contribution >= 0.6 is 0 Å². The van der Waals surface area contributed by atoms with Crippen LogP contribution in [0.5, 0.6) is 0 Å². The molecular formula is C18H16N4O2. The number of carbonyl (C=O) groups excluding carboxylic acids is 1.